The van der Waals surface area contributed by atoms with Crippen LogP contribution in [0.5, 0.6) is 0 Å². The molecule has 18 heavy (non-hydrogen) atoms. The summed E-state index contributed by atoms with van der Waals surface area (Å²) in [6.45, 7) is 8.37. The number of nitrogens with zero attached hydrogens (tertiary/aromatic N) is 1. The van der Waals surface area contributed by atoms with Crippen molar-refractivity contribution < 1.29 is 0 Å². The van der Waals surface area contributed by atoms with Crippen LogP contribution in [0.3, 0.4) is 0 Å². The van der Waals surface area contributed by atoms with E-state index in [0.717, 1.165) is 22.6 Å². The Morgan fingerprint density at radius 1 is 1.33 bits per heavy atom. The maximum absolute atomic E-state index is 6.12. The molecule has 0 atom stereocenters. The van der Waals surface area contributed by atoms with Crippen LogP contribution in [0.15, 0.2) is 35.5 Å². The Kier molecular flexibility index (Phi) is 4.54. The Bertz CT molecular complexity index is 465. The van der Waals surface area contributed by atoms with E-state index in [-0.39, 0.29) is 5.41 Å². The number of allylic oxidation sites excluding steroid dienone is 1. The Hall–Kier alpha value is -1.77. The van der Waals surface area contributed by atoms with Crippen LogP contribution in [0.4, 0.5) is 11.4 Å². The summed E-state index contributed by atoms with van der Waals surface area (Å²) in [7, 11) is 1.88. The number of rotatable bonds is 3. The first-order chi connectivity index (χ1) is 8.40. The first-order valence-corrected chi connectivity index (χ1v) is 6.17. The first kappa shape index (κ1) is 14.3. The molecule has 0 aliphatic carbocycles. The highest BCUT2D eigenvalue weighted by atomic mass is 14.8. The molecule has 0 aromatic heterocycles. The molecule has 0 amide bonds. The normalized spacial score (nSPS) is 13.1. The van der Waals surface area contributed by atoms with E-state index in [4.69, 9.17) is 5.73 Å². The molecule has 1 aromatic carbocycles. The van der Waals surface area contributed by atoms with E-state index in [1.165, 1.54) is 0 Å². The van der Waals surface area contributed by atoms with Crippen LogP contribution >= 0.6 is 0 Å². The third-order valence-electron chi connectivity index (χ3n) is 2.66. The molecule has 98 valence electrons. The highest BCUT2D eigenvalue weighted by Crippen LogP contribution is 2.27. The molecule has 3 nitrogen and oxygen atoms in total. The molecule has 0 aliphatic rings. The summed E-state index contributed by atoms with van der Waals surface area (Å²) in [5, 5.41) is 3.08. The third-order valence-corrected chi connectivity index (χ3v) is 2.66. The molecule has 3 heteroatoms. The van der Waals surface area contributed by atoms with Crippen molar-refractivity contribution in [3.63, 3.8) is 0 Å². The zero-order valence-electron chi connectivity index (χ0n) is 11.9. The second-order valence-corrected chi connectivity index (χ2v) is 5.26. The average Bonchev–Trinajstić information content (AvgIpc) is 2.29. The van der Waals surface area contributed by atoms with Gasteiger partial charge in [-0.2, -0.15) is 0 Å². The molecule has 0 heterocycles. The van der Waals surface area contributed by atoms with Gasteiger partial charge < -0.3 is 11.1 Å². The minimum Gasteiger partial charge on any atom is -0.398 e. The summed E-state index contributed by atoms with van der Waals surface area (Å²) in [6, 6.07) is 5.98. The van der Waals surface area contributed by atoms with E-state index >= 15 is 0 Å². The predicted octanol–water partition coefficient (Wildman–Crippen LogP) is 3.68. The lowest BCUT2D eigenvalue weighted by Gasteiger charge is -2.23. The van der Waals surface area contributed by atoms with E-state index < -0.39 is 0 Å². The van der Waals surface area contributed by atoms with Crippen LogP contribution in [-0.4, -0.2) is 12.8 Å². The number of hydrogen-bond acceptors (Lipinski definition) is 3. The molecule has 1 rings (SSSR count). The number of aliphatic imine (C=N–C) groups is 1. The fourth-order valence-corrected chi connectivity index (χ4v) is 1.75. The van der Waals surface area contributed by atoms with Gasteiger partial charge in [-0.05, 0) is 25.1 Å². The van der Waals surface area contributed by atoms with Gasteiger partial charge in [0.2, 0.25) is 0 Å². The number of nitrogens with one attached hydrogen (secondary N) is 1. The fraction of sp³-hybridized carbons (Fsp3) is 0.400. The van der Waals surface area contributed by atoms with Crippen molar-refractivity contribution in [3.8, 4) is 0 Å². The SMILES string of the molecule is C/C=C\N=C(/c1ccc(NC)cc1N)C(C)(C)C. The molecule has 3 N–H and O–H groups in total. The Morgan fingerprint density at radius 2 is 2.00 bits per heavy atom. The monoisotopic (exact) mass is 245 g/mol. The zero-order valence-corrected chi connectivity index (χ0v) is 11.9. The minimum absolute atomic E-state index is 0.0468. The lowest BCUT2D eigenvalue weighted by atomic mass is 9.84. The van der Waals surface area contributed by atoms with Gasteiger partial charge in [0, 0.05) is 35.6 Å². The molecule has 0 unspecified atom stereocenters. The number of hydrogen-bond donors (Lipinski definition) is 2. The van der Waals surface area contributed by atoms with Crippen LogP contribution in [0.25, 0.3) is 0 Å². The van der Waals surface area contributed by atoms with E-state index in [1.807, 2.05) is 44.4 Å². The second-order valence-electron chi connectivity index (χ2n) is 5.26. The van der Waals surface area contributed by atoms with Gasteiger partial charge in [-0.3, -0.25) is 4.99 Å². The topological polar surface area (TPSA) is 50.4 Å². The maximum atomic E-state index is 6.12. The van der Waals surface area contributed by atoms with Gasteiger partial charge in [0.1, 0.15) is 0 Å². The molecule has 0 saturated heterocycles. The van der Waals surface area contributed by atoms with Crippen molar-refractivity contribution in [2.45, 2.75) is 27.7 Å². The van der Waals surface area contributed by atoms with E-state index in [2.05, 4.69) is 31.1 Å². The van der Waals surface area contributed by atoms with E-state index in [0.29, 0.717) is 0 Å². The van der Waals surface area contributed by atoms with Crippen molar-refractivity contribution in [1.29, 1.82) is 0 Å². The van der Waals surface area contributed by atoms with Gasteiger partial charge in [0.25, 0.3) is 0 Å². The smallest absolute Gasteiger partial charge is 0.0549 e. The quantitative estimate of drug-likeness (QED) is 0.630. The lowest BCUT2D eigenvalue weighted by Crippen LogP contribution is -2.22. The molecule has 0 saturated carbocycles. The van der Waals surface area contributed by atoms with Crippen molar-refractivity contribution in [1.82, 2.24) is 0 Å². The van der Waals surface area contributed by atoms with Gasteiger partial charge in [-0.1, -0.05) is 26.8 Å². The van der Waals surface area contributed by atoms with Gasteiger partial charge >= 0.3 is 0 Å². The Balaban J connectivity index is 3.31. The van der Waals surface area contributed by atoms with Gasteiger partial charge in [0.15, 0.2) is 0 Å². The summed E-state index contributed by atoms with van der Waals surface area (Å²) >= 11 is 0. The van der Waals surface area contributed by atoms with Gasteiger partial charge in [-0.15, -0.1) is 0 Å². The second kappa shape index (κ2) is 5.71. The molecule has 1 aromatic rings. The number of anilines is 2. The Morgan fingerprint density at radius 3 is 2.44 bits per heavy atom. The molecule has 0 aliphatic heterocycles. The lowest BCUT2D eigenvalue weighted by molar-refractivity contribution is 0.592. The van der Waals surface area contributed by atoms with Crippen molar-refractivity contribution >= 4 is 17.1 Å². The zero-order chi connectivity index (χ0) is 13.8. The summed E-state index contributed by atoms with van der Waals surface area (Å²) in [6.07, 6.45) is 3.73. The van der Waals surface area contributed by atoms with Crippen LogP contribution < -0.4 is 11.1 Å². The van der Waals surface area contributed by atoms with E-state index in [1.54, 1.807) is 0 Å². The van der Waals surface area contributed by atoms with Gasteiger partial charge in [-0.25, -0.2) is 0 Å². The molecular weight excluding hydrogens is 222 g/mol. The van der Waals surface area contributed by atoms with Crippen LogP contribution in [0, 0.1) is 5.41 Å². The van der Waals surface area contributed by atoms with E-state index in [9.17, 15) is 0 Å². The van der Waals surface area contributed by atoms with Crippen LogP contribution in [-0.2, 0) is 0 Å². The highest BCUT2D eigenvalue weighted by Gasteiger charge is 2.22. The highest BCUT2D eigenvalue weighted by molar-refractivity contribution is 6.08. The predicted molar refractivity (Wildman–Crippen MR) is 81.2 cm³/mol. The molecule has 0 fully saturated rings. The van der Waals surface area contributed by atoms with Crippen LogP contribution in [0.1, 0.15) is 33.3 Å². The van der Waals surface area contributed by atoms with Gasteiger partial charge in [0.05, 0.1) is 5.71 Å². The molecule has 0 bridgehead atoms. The summed E-state index contributed by atoms with van der Waals surface area (Å²) in [4.78, 5) is 4.54. The first-order valence-electron chi connectivity index (χ1n) is 6.17. The van der Waals surface area contributed by atoms with Crippen molar-refractivity contribution in [3.05, 3.63) is 36.0 Å². The summed E-state index contributed by atoms with van der Waals surface area (Å²) < 4.78 is 0. The largest absolute Gasteiger partial charge is 0.398 e. The molecule has 0 radical (unpaired) electrons. The minimum atomic E-state index is -0.0468. The molecule has 0 spiro atoms. The van der Waals surface area contributed by atoms with Crippen molar-refractivity contribution in [2.75, 3.05) is 18.1 Å². The Labute approximate surface area is 110 Å². The average molecular weight is 245 g/mol. The summed E-state index contributed by atoms with van der Waals surface area (Å²) in [5.41, 5.74) is 9.83. The van der Waals surface area contributed by atoms with Crippen molar-refractivity contribution in [2.24, 2.45) is 10.4 Å². The van der Waals surface area contributed by atoms with Crippen LogP contribution in [0.2, 0.25) is 0 Å². The number of nitrogens with two attached hydrogens (primary N) is 1. The fourth-order valence-electron chi connectivity index (χ4n) is 1.75. The molecular formula is C15H23N3. The number of nitrogen functional groups attached to an aromatic ring is 1. The standard InChI is InChI=1S/C15H23N3/c1-6-9-18-14(15(2,3)4)12-8-7-11(17-5)10-13(12)16/h6-10,17H,16H2,1-5H3/b9-6-,18-14+. The summed E-state index contributed by atoms with van der Waals surface area (Å²) in [5.74, 6) is 0. The number of benzene rings is 1. The third kappa shape index (κ3) is 3.36. The maximum Gasteiger partial charge on any atom is 0.0549 e.